The van der Waals surface area contributed by atoms with Gasteiger partial charge in [0.2, 0.25) is 5.91 Å². The lowest BCUT2D eigenvalue weighted by Gasteiger charge is -2.12. The van der Waals surface area contributed by atoms with Crippen molar-refractivity contribution < 1.29 is 14.5 Å². The van der Waals surface area contributed by atoms with Crippen molar-refractivity contribution in [2.75, 3.05) is 25.5 Å². The van der Waals surface area contributed by atoms with Crippen LogP contribution in [-0.4, -0.2) is 31.0 Å². The van der Waals surface area contributed by atoms with Gasteiger partial charge in [-0.15, -0.1) is 0 Å². The zero-order chi connectivity index (χ0) is 13.8. The Morgan fingerprint density at radius 3 is 2.95 bits per heavy atom. The van der Waals surface area contributed by atoms with Gasteiger partial charge in [-0.25, -0.2) is 0 Å². The highest BCUT2D eigenvalue weighted by molar-refractivity contribution is 5.94. The molecule has 1 unspecified atom stereocenters. The van der Waals surface area contributed by atoms with E-state index >= 15 is 0 Å². The summed E-state index contributed by atoms with van der Waals surface area (Å²) in [5.41, 5.74) is 0.377. The predicted octanol–water partition coefficient (Wildman–Crippen LogP) is 1.15. The monoisotopic (exact) mass is 265 g/mol. The van der Waals surface area contributed by atoms with Gasteiger partial charge >= 0.3 is 0 Å². The molecule has 7 nitrogen and oxygen atoms in total. The van der Waals surface area contributed by atoms with Crippen molar-refractivity contribution in [2.24, 2.45) is 5.92 Å². The molecule has 1 aromatic carbocycles. The van der Waals surface area contributed by atoms with E-state index < -0.39 is 4.92 Å². The van der Waals surface area contributed by atoms with Crippen molar-refractivity contribution in [3.8, 4) is 5.75 Å². The minimum absolute atomic E-state index is 0.0695. The van der Waals surface area contributed by atoms with E-state index in [-0.39, 0.29) is 23.3 Å². The summed E-state index contributed by atoms with van der Waals surface area (Å²) in [5, 5.41) is 16.5. The zero-order valence-electron chi connectivity index (χ0n) is 10.5. The first-order valence-electron chi connectivity index (χ1n) is 5.96. The number of carbonyl (C=O) groups excluding carboxylic acids is 1. The molecule has 7 heteroatoms. The molecule has 0 bridgehead atoms. The lowest BCUT2D eigenvalue weighted by Crippen LogP contribution is -2.24. The Balaban J connectivity index is 2.15. The van der Waals surface area contributed by atoms with Gasteiger partial charge in [0.15, 0.2) is 0 Å². The van der Waals surface area contributed by atoms with Crippen molar-refractivity contribution in [3.63, 3.8) is 0 Å². The Hall–Kier alpha value is -2.15. The fourth-order valence-corrected chi connectivity index (χ4v) is 2.01. The maximum Gasteiger partial charge on any atom is 0.273 e. The molecule has 1 saturated heterocycles. The number of nitro groups is 1. The fourth-order valence-electron chi connectivity index (χ4n) is 2.01. The second kappa shape index (κ2) is 5.66. The molecule has 19 heavy (non-hydrogen) atoms. The standard InChI is InChI=1S/C12H15N3O4/c1-19-11-6-9(15(17)18)2-3-10(11)14-12(16)8-4-5-13-7-8/h2-3,6,8,13H,4-5,7H2,1H3,(H,14,16). The average molecular weight is 265 g/mol. The molecular formula is C12H15N3O4. The van der Waals surface area contributed by atoms with Crippen molar-refractivity contribution in [3.05, 3.63) is 28.3 Å². The number of nitrogens with zero attached hydrogens (tertiary/aromatic N) is 1. The molecule has 1 aliphatic rings. The molecule has 1 aliphatic heterocycles. The van der Waals surface area contributed by atoms with Crippen molar-refractivity contribution >= 4 is 17.3 Å². The molecule has 1 amide bonds. The summed E-state index contributed by atoms with van der Waals surface area (Å²) >= 11 is 0. The second-order valence-electron chi connectivity index (χ2n) is 4.32. The van der Waals surface area contributed by atoms with Gasteiger partial charge in [0, 0.05) is 12.6 Å². The number of hydrogen-bond donors (Lipinski definition) is 2. The molecule has 0 aromatic heterocycles. The van der Waals surface area contributed by atoms with E-state index in [9.17, 15) is 14.9 Å². The van der Waals surface area contributed by atoms with E-state index in [2.05, 4.69) is 10.6 Å². The molecule has 2 rings (SSSR count). The number of nitrogens with one attached hydrogen (secondary N) is 2. The summed E-state index contributed by atoms with van der Waals surface area (Å²) in [4.78, 5) is 22.1. The quantitative estimate of drug-likeness (QED) is 0.629. The Labute approximate surface area is 110 Å². The smallest absolute Gasteiger partial charge is 0.273 e. The van der Waals surface area contributed by atoms with Gasteiger partial charge in [0.1, 0.15) is 5.75 Å². The van der Waals surface area contributed by atoms with Gasteiger partial charge in [-0.2, -0.15) is 0 Å². The summed E-state index contributed by atoms with van der Waals surface area (Å²) in [5.74, 6) is 0.116. The third-order valence-electron chi connectivity index (χ3n) is 3.08. The summed E-state index contributed by atoms with van der Waals surface area (Å²) in [6.07, 6.45) is 0.793. The van der Waals surface area contributed by atoms with Crippen molar-refractivity contribution in [1.29, 1.82) is 0 Å². The highest BCUT2D eigenvalue weighted by atomic mass is 16.6. The van der Waals surface area contributed by atoms with Crippen LogP contribution in [-0.2, 0) is 4.79 Å². The third kappa shape index (κ3) is 3.00. The number of nitro benzene ring substituents is 1. The highest BCUT2D eigenvalue weighted by Gasteiger charge is 2.23. The second-order valence-corrected chi connectivity index (χ2v) is 4.32. The number of non-ortho nitro benzene ring substituents is 1. The van der Waals surface area contributed by atoms with Crippen molar-refractivity contribution in [1.82, 2.24) is 5.32 Å². The molecule has 0 spiro atoms. The first-order valence-corrected chi connectivity index (χ1v) is 5.96. The summed E-state index contributed by atoms with van der Waals surface area (Å²) in [6.45, 7) is 1.48. The van der Waals surface area contributed by atoms with E-state index in [0.717, 1.165) is 13.0 Å². The molecular weight excluding hydrogens is 250 g/mol. The van der Waals surface area contributed by atoms with Gasteiger partial charge < -0.3 is 15.4 Å². The van der Waals surface area contributed by atoms with Crippen LogP contribution in [0.25, 0.3) is 0 Å². The molecule has 1 atom stereocenters. The summed E-state index contributed by atoms with van der Waals surface area (Å²) in [7, 11) is 1.41. The Bertz CT molecular complexity index is 498. The van der Waals surface area contributed by atoms with Crippen LogP contribution < -0.4 is 15.4 Å². The van der Waals surface area contributed by atoms with Gasteiger partial charge in [0.05, 0.1) is 29.7 Å². The minimum atomic E-state index is -0.505. The number of hydrogen-bond acceptors (Lipinski definition) is 5. The maximum absolute atomic E-state index is 12.0. The molecule has 0 saturated carbocycles. The number of anilines is 1. The third-order valence-corrected chi connectivity index (χ3v) is 3.08. The Kier molecular flexibility index (Phi) is 3.96. The molecule has 0 radical (unpaired) electrons. The van der Waals surface area contributed by atoms with Crippen LogP contribution in [0.3, 0.4) is 0 Å². The SMILES string of the molecule is COc1cc([N+](=O)[O-])ccc1NC(=O)C1CCNC1. The van der Waals surface area contributed by atoms with E-state index in [1.165, 1.54) is 25.3 Å². The van der Waals surface area contributed by atoms with E-state index in [1.807, 2.05) is 0 Å². The van der Waals surface area contributed by atoms with Crippen molar-refractivity contribution in [2.45, 2.75) is 6.42 Å². The van der Waals surface area contributed by atoms with Crippen LogP contribution in [0.15, 0.2) is 18.2 Å². The van der Waals surface area contributed by atoms with Crippen LogP contribution >= 0.6 is 0 Å². The molecule has 0 aliphatic carbocycles. The fraction of sp³-hybridized carbons (Fsp3) is 0.417. The maximum atomic E-state index is 12.0. The number of benzene rings is 1. The minimum Gasteiger partial charge on any atom is -0.494 e. The number of ether oxygens (including phenoxy) is 1. The van der Waals surface area contributed by atoms with Gasteiger partial charge in [0.25, 0.3) is 5.69 Å². The topological polar surface area (TPSA) is 93.5 Å². The predicted molar refractivity (Wildman–Crippen MR) is 69.3 cm³/mol. The summed E-state index contributed by atoms with van der Waals surface area (Å²) in [6, 6.07) is 4.12. The normalized spacial score (nSPS) is 18.1. The number of amides is 1. The van der Waals surface area contributed by atoms with Gasteiger partial charge in [-0.05, 0) is 19.0 Å². The number of carbonyl (C=O) groups is 1. The van der Waals surface area contributed by atoms with Crippen LogP contribution in [0.1, 0.15) is 6.42 Å². The molecule has 1 fully saturated rings. The zero-order valence-corrected chi connectivity index (χ0v) is 10.5. The summed E-state index contributed by atoms with van der Waals surface area (Å²) < 4.78 is 5.06. The van der Waals surface area contributed by atoms with Gasteiger partial charge in [-0.3, -0.25) is 14.9 Å². The van der Waals surface area contributed by atoms with Crippen LogP contribution in [0.4, 0.5) is 11.4 Å². The van der Waals surface area contributed by atoms with Crippen LogP contribution in [0, 0.1) is 16.0 Å². The number of methoxy groups -OCH3 is 1. The molecule has 102 valence electrons. The first-order chi connectivity index (χ1) is 9.11. The average Bonchev–Trinajstić information content (AvgIpc) is 2.92. The van der Waals surface area contributed by atoms with Crippen LogP contribution in [0.2, 0.25) is 0 Å². The Morgan fingerprint density at radius 1 is 1.58 bits per heavy atom. The number of rotatable bonds is 4. The van der Waals surface area contributed by atoms with Gasteiger partial charge in [-0.1, -0.05) is 0 Å². The lowest BCUT2D eigenvalue weighted by molar-refractivity contribution is -0.384. The molecule has 2 N–H and O–H groups in total. The highest BCUT2D eigenvalue weighted by Crippen LogP contribution is 2.29. The lowest BCUT2D eigenvalue weighted by atomic mass is 10.1. The van der Waals surface area contributed by atoms with E-state index in [1.54, 1.807) is 0 Å². The largest absolute Gasteiger partial charge is 0.494 e. The van der Waals surface area contributed by atoms with Crippen LogP contribution in [0.5, 0.6) is 5.75 Å². The molecule has 1 heterocycles. The first kappa shape index (κ1) is 13.3. The Morgan fingerprint density at radius 2 is 2.37 bits per heavy atom. The van der Waals surface area contributed by atoms with E-state index in [0.29, 0.717) is 12.2 Å². The van der Waals surface area contributed by atoms with E-state index in [4.69, 9.17) is 4.74 Å². The molecule has 1 aromatic rings.